The largest absolute Gasteiger partial charge is 0.314 e. The van der Waals surface area contributed by atoms with Crippen LogP contribution in [0.1, 0.15) is 45.1 Å². The highest BCUT2D eigenvalue weighted by atomic mass is 14.9. The summed E-state index contributed by atoms with van der Waals surface area (Å²) in [5, 5.41) is 3.58. The quantitative estimate of drug-likeness (QED) is 0.748. The summed E-state index contributed by atoms with van der Waals surface area (Å²) in [5.74, 6) is 0.649. The maximum absolute atomic E-state index is 3.58. The van der Waals surface area contributed by atoms with Gasteiger partial charge in [-0.1, -0.05) is 51.1 Å². The Morgan fingerprint density at radius 2 is 1.67 bits per heavy atom. The van der Waals surface area contributed by atoms with Crippen LogP contribution in [-0.2, 0) is 0 Å². The third-order valence-electron chi connectivity index (χ3n) is 3.06. The lowest BCUT2D eigenvalue weighted by atomic mass is 9.88. The minimum absolute atomic E-state index is 0.613. The van der Waals surface area contributed by atoms with Gasteiger partial charge in [-0.15, -0.1) is 0 Å². The van der Waals surface area contributed by atoms with E-state index in [-0.39, 0.29) is 0 Å². The van der Waals surface area contributed by atoms with E-state index < -0.39 is 0 Å². The van der Waals surface area contributed by atoms with Crippen LogP contribution < -0.4 is 5.32 Å². The molecule has 1 N–H and O–H groups in total. The van der Waals surface area contributed by atoms with Crippen molar-refractivity contribution < 1.29 is 0 Å². The highest BCUT2D eigenvalue weighted by molar-refractivity contribution is 5.21. The van der Waals surface area contributed by atoms with Crippen LogP contribution in [0.3, 0.4) is 0 Å². The zero-order chi connectivity index (χ0) is 11.1. The third kappa shape index (κ3) is 3.35. The number of hydrogen-bond donors (Lipinski definition) is 1. The van der Waals surface area contributed by atoms with Crippen LogP contribution in [0.5, 0.6) is 0 Å². The van der Waals surface area contributed by atoms with Crippen LogP contribution >= 0.6 is 0 Å². The van der Waals surface area contributed by atoms with E-state index in [4.69, 9.17) is 0 Å². The maximum atomic E-state index is 3.58. The second-order valence-corrected chi connectivity index (χ2v) is 4.00. The highest BCUT2D eigenvalue weighted by Gasteiger charge is 2.18. The van der Waals surface area contributed by atoms with Crippen LogP contribution in [0.4, 0.5) is 0 Å². The fraction of sp³-hybridized carbons (Fsp3) is 0.571. The van der Waals surface area contributed by atoms with Crippen molar-refractivity contribution in [1.82, 2.24) is 5.32 Å². The first kappa shape index (κ1) is 12.3. The fourth-order valence-corrected chi connectivity index (χ4v) is 2.29. The van der Waals surface area contributed by atoms with Gasteiger partial charge in [0.15, 0.2) is 0 Å². The minimum atomic E-state index is 0.613. The Bertz CT molecular complexity index is 255. The van der Waals surface area contributed by atoms with Gasteiger partial charge >= 0.3 is 0 Å². The third-order valence-corrected chi connectivity index (χ3v) is 3.06. The molecule has 1 aromatic carbocycles. The molecule has 0 aliphatic heterocycles. The average Bonchev–Trinajstić information content (AvgIpc) is 2.30. The second-order valence-electron chi connectivity index (χ2n) is 4.00. The number of nitrogens with one attached hydrogen (secondary N) is 1. The molecule has 2 unspecified atom stereocenters. The first-order chi connectivity index (χ1) is 7.33. The van der Waals surface area contributed by atoms with Crippen molar-refractivity contribution in [3.05, 3.63) is 35.9 Å². The fourth-order valence-electron chi connectivity index (χ4n) is 2.29. The van der Waals surface area contributed by atoms with E-state index in [0.717, 1.165) is 6.54 Å². The van der Waals surface area contributed by atoms with Gasteiger partial charge in [0.1, 0.15) is 0 Å². The van der Waals surface area contributed by atoms with Crippen LogP contribution in [0, 0.1) is 0 Å². The van der Waals surface area contributed by atoms with Crippen molar-refractivity contribution in [3.63, 3.8) is 0 Å². The second kappa shape index (κ2) is 6.62. The predicted molar refractivity (Wildman–Crippen MR) is 67.2 cm³/mol. The Labute approximate surface area is 93.9 Å². The van der Waals surface area contributed by atoms with Gasteiger partial charge in [-0.25, -0.2) is 0 Å². The molecular formula is C14H23N. The monoisotopic (exact) mass is 205 g/mol. The molecule has 0 heterocycles. The maximum Gasteiger partial charge on any atom is 0.0133 e. The van der Waals surface area contributed by atoms with Gasteiger partial charge in [-0.05, 0) is 30.9 Å². The highest BCUT2D eigenvalue weighted by Crippen LogP contribution is 2.24. The van der Waals surface area contributed by atoms with E-state index >= 15 is 0 Å². The average molecular weight is 205 g/mol. The molecular weight excluding hydrogens is 182 g/mol. The van der Waals surface area contributed by atoms with Crippen molar-refractivity contribution in [2.45, 2.75) is 45.6 Å². The number of rotatable bonds is 6. The minimum Gasteiger partial charge on any atom is -0.314 e. The number of likely N-dealkylation sites (N-methyl/N-ethyl adjacent to an activating group) is 1. The van der Waals surface area contributed by atoms with E-state index in [1.165, 1.54) is 18.4 Å². The molecule has 1 nitrogen and oxygen atoms in total. The lowest BCUT2D eigenvalue weighted by molar-refractivity contribution is 0.420. The Balaban J connectivity index is 2.77. The number of benzene rings is 1. The van der Waals surface area contributed by atoms with Crippen molar-refractivity contribution in [3.8, 4) is 0 Å². The summed E-state index contributed by atoms with van der Waals surface area (Å²) >= 11 is 0. The van der Waals surface area contributed by atoms with Gasteiger partial charge in [0.05, 0.1) is 0 Å². The van der Waals surface area contributed by atoms with Crippen molar-refractivity contribution in [2.75, 3.05) is 6.54 Å². The SMILES string of the molecule is CCNC(CC)C(CC)c1ccccc1. The topological polar surface area (TPSA) is 12.0 Å². The van der Waals surface area contributed by atoms with Gasteiger partial charge < -0.3 is 5.32 Å². The normalized spacial score (nSPS) is 14.9. The molecule has 1 heteroatoms. The molecule has 15 heavy (non-hydrogen) atoms. The smallest absolute Gasteiger partial charge is 0.0133 e. The van der Waals surface area contributed by atoms with Crippen molar-refractivity contribution >= 4 is 0 Å². The van der Waals surface area contributed by atoms with E-state index in [9.17, 15) is 0 Å². The van der Waals surface area contributed by atoms with Gasteiger partial charge in [-0.3, -0.25) is 0 Å². The van der Waals surface area contributed by atoms with Crippen LogP contribution in [0.15, 0.2) is 30.3 Å². The molecule has 0 aliphatic rings. The van der Waals surface area contributed by atoms with Gasteiger partial charge in [-0.2, -0.15) is 0 Å². The Morgan fingerprint density at radius 3 is 2.13 bits per heavy atom. The van der Waals surface area contributed by atoms with E-state index in [1.54, 1.807) is 0 Å². The molecule has 0 fully saturated rings. The lowest BCUT2D eigenvalue weighted by Gasteiger charge is -2.26. The Hall–Kier alpha value is -0.820. The van der Waals surface area contributed by atoms with E-state index in [0.29, 0.717) is 12.0 Å². The van der Waals surface area contributed by atoms with Crippen LogP contribution in [0.2, 0.25) is 0 Å². The van der Waals surface area contributed by atoms with Gasteiger partial charge in [0, 0.05) is 6.04 Å². The van der Waals surface area contributed by atoms with Crippen LogP contribution in [-0.4, -0.2) is 12.6 Å². The summed E-state index contributed by atoms with van der Waals surface area (Å²) in [4.78, 5) is 0. The summed E-state index contributed by atoms with van der Waals surface area (Å²) < 4.78 is 0. The Morgan fingerprint density at radius 1 is 1.00 bits per heavy atom. The van der Waals surface area contributed by atoms with Crippen molar-refractivity contribution in [1.29, 1.82) is 0 Å². The first-order valence-electron chi connectivity index (χ1n) is 6.11. The Kier molecular flexibility index (Phi) is 5.41. The zero-order valence-corrected chi connectivity index (χ0v) is 10.2. The molecule has 0 bridgehead atoms. The van der Waals surface area contributed by atoms with Gasteiger partial charge in [0.2, 0.25) is 0 Å². The zero-order valence-electron chi connectivity index (χ0n) is 10.2. The summed E-state index contributed by atoms with van der Waals surface area (Å²) in [5.41, 5.74) is 1.47. The molecule has 0 saturated heterocycles. The van der Waals surface area contributed by atoms with Gasteiger partial charge in [0.25, 0.3) is 0 Å². The number of hydrogen-bond acceptors (Lipinski definition) is 1. The molecule has 0 aromatic heterocycles. The summed E-state index contributed by atoms with van der Waals surface area (Å²) in [6, 6.07) is 11.5. The van der Waals surface area contributed by atoms with Crippen molar-refractivity contribution in [2.24, 2.45) is 0 Å². The molecule has 1 aromatic rings. The van der Waals surface area contributed by atoms with E-state index in [2.05, 4.69) is 56.4 Å². The molecule has 0 spiro atoms. The molecule has 1 rings (SSSR count). The predicted octanol–water partition coefficient (Wildman–Crippen LogP) is 3.57. The summed E-state index contributed by atoms with van der Waals surface area (Å²) in [6.07, 6.45) is 2.40. The first-order valence-corrected chi connectivity index (χ1v) is 6.11. The van der Waals surface area contributed by atoms with Crippen LogP contribution in [0.25, 0.3) is 0 Å². The summed E-state index contributed by atoms with van der Waals surface area (Å²) in [6.45, 7) is 7.78. The summed E-state index contributed by atoms with van der Waals surface area (Å²) in [7, 11) is 0. The molecule has 0 radical (unpaired) electrons. The molecule has 84 valence electrons. The standard InChI is InChI=1S/C14H23N/c1-4-13(14(5-2)15-6-3)12-10-8-7-9-11-12/h7-11,13-15H,4-6H2,1-3H3. The lowest BCUT2D eigenvalue weighted by Crippen LogP contribution is -2.34. The molecule has 0 aliphatic carbocycles. The molecule has 0 amide bonds. The molecule has 2 atom stereocenters. The molecule has 0 saturated carbocycles. The van der Waals surface area contributed by atoms with E-state index in [1.807, 2.05) is 0 Å².